The molecule has 0 N–H and O–H groups in total. The Kier molecular flexibility index (Phi) is 4.97. The Labute approximate surface area is 138 Å². The second-order valence-electron chi connectivity index (χ2n) is 6.77. The zero-order valence-corrected chi connectivity index (χ0v) is 13.8. The van der Waals surface area contributed by atoms with E-state index in [1.54, 1.807) is 4.90 Å². The second kappa shape index (κ2) is 7.14. The molecule has 0 aliphatic heterocycles. The number of anilines is 1. The average Bonchev–Trinajstić information content (AvgIpc) is 3.46. The molecule has 2 saturated carbocycles. The van der Waals surface area contributed by atoms with E-state index >= 15 is 0 Å². The highest BCUT2D eigenvalue weighted by Crippen LogP contribution is 2.39. The van der Waals surface area contributed by atoms with Crippen molar-refractivity contribution < 1.29 is 4.79 Å². The summed E-state index contributed by atoms with van der Waals surface area (Å²) in [4.78, 5) is 17.1. The lowest BCUT2D eigenvalue weighted by molar-refractivity contribution is -0.120. The van der Waals surface area contributed by atoms with Gasteiger partial charge in [-0.2, -0.15) is 5.26 Å². The molecule has 0 aromatic heterocycles. The van der Waals surface area contributed by atoms with Crippen molar-refractivity contribution in [3.8, 4) is 6.07 Å². The fourth-order valence-electron chi connectivity index (χ4n) is 3.27. The quantitative estimate of drug-likeness (QED) is 0.740. The van der Waals surface area contributed by atoms with Gasteiger partial charge >= 0.3 is 0 Å². The summed E-state index contributed by atoms with van der Waals surface area (Å²) in [6, 6.07) is 13.0. The molecule has 0 heterocycles. The summed E-state index contributed by atoms with van der Waals surface area (Å²) in [5, 5.41) is 8.89. The van der Waals surface area contributed by atoms with Gasteiger partial charge in [0.1, 0.15) is 0 Å². The molecule has 0 radical (unpaired) electrons. The van der Waals surface area contributed by atoms with E-state index in [0.29, 0.717) is 31.6 Å². The molecule has 4 nitrogen and oxygen atoms in total. The predicted octanol–water partition coefficient (Wildman–Crippen LogP) is 3.20. The highest BCUT2D eigenvalue weighted by atomic mass is 16.2. The number of amides is 1. The summed E-state index contributed by atoms with van der Waals surface area (Å²) in [5.74, 6) is 0.888. The van der Waals surface area contributed by atoms with Crippen LogP contribution in [-0.2, 0) is 4.79 Å². The highest BCUT2D eigenvalue weighted by Gasteiger charge is 2.40. The zero-order chi connectivity index (χ0) is 16.2. The summed E-state index contributed by atoms with van der Waals surface area (Å²) in [6.45, 7) is 3.21. The van der Waals surface area contributed by atoms with Gasteiger partial charge in [0, 0.05) is 24.3 Å². The lowest BCUT2D eigenvalue weighted by Crippen LogP contribution is -2.46. The number of hydrogen-bond donors (Lipinski definition) is 0. The van der Waals surface area contributed by atoms with Gasteiger partial charge in [-0.1, -0.05) is 18.2 Å². The SMILES string of the molecule is CC(C1CC1)N(CC(=O)N(CCC#N)c1ccccc1)C1CC1. The molecule has 0 bridgehead atoms. The Balaban J connectivity index is 1.70. The van der Waals surface area contributed by atoms with Crippen molar-refractivity contribution in [2.24, 2.45) is 5.92 Å². The average molecular weight is 311 g/mol. The van der Waals surface area contributed by atoms with E-state index in [9.17, 15) is 4.79 Å². The van der Waals surface area contributed by atoms with Gasteiger partial charge in [-0.3, -0.25) is 9.69 Å². The van der Waals surface area contributed by atoms with Crippen LogP contribution in [0.5, 0.6) is 0 Å². The first kappa shape index (κ1) is 16.0. The number of nitrogens with zero attached hydrogens (tertiary/aromatic N) is 3. The Bertz CT molecular complexity index is 572. The van der Waals surface area contributed by atoms with Gasteiger partial charge in [0.05, 0.1) is 19.0 Å². The standard InChI is InChI=1S/C19H25N3O/c1-15(16-8-9-16)22(18-10-11-18)14-19(23)21(13-5-12-20)17-6-3-2-4-7-17/h2-4,6-7,15-16,18H,5,8-11,13-14H2,1H3. The van der Waals surface area contributed by atoms with Gasteiger partial charge in [-0.05, 0) is 50.7 Å². The van der Waals surface area contributed by atoms with Crippen molar-refractivity contribution in [3.05, 3.63) is 30.3 Å². The van der Waals surface area contributed by atoms with Gasteiger partial charge in [0.25, 0.3) is 0 Å². The van der Waals surface area contributed by atoms with E-state index in [4.69, 9.17) is 5.26 Å². The number of para-hydroxylation sites is 1. The maximum absolute atomic E-state index is 12.9. The van der Waals surface area contributed by atoms with Crippen LogP contribution in [-0.4, -0.2) is 36.0 Å². The minimum Gasteiger partial charge on any atom is -0.310 e. The lowest BCUT2D eigenvalue weighted by Gasteiger charge is -2.31. The van der Waals surface area contributed by atoms with Crippen LogP contribution < -0.4 is 4.90 Å². The molecule has 1 amide bonds. The van der Waals surface area contributed by atoms with Crippen LogP contribution in [0.25, 0.3) is 0 Å². The zero-order valence-electron chi connectivity index (χ0n) is 13.8. The molecule has 2 fully saturated rings. The van der Waals surface area contributed by atoms with Crippen molar-refractivity contribution in [2.45, 2.75) is 51.1 Å². The molecule has 0 saturated heterocycles. The Hall–Kier alpha value is -1.86. The van der Waals surface area contributed by atoms with Crippen molar-refractivity contribution in [1.82, 2.24) is 4.90 Å². The summed E-state index contributed by atoms with van der Waals surface area (Å²) in [6.07, 6.45) is 5.40. The lowest BCUT2D eigenvalue weighted by atomic mass is 10.1. The van der Waals surface area contributed by atoms with Crippen LogP contribution in [0.1, 0.15) is 39.0 Å². The third-order valence-electron chi connectivity index (χ3n) is 4.98. The number of nitriles is 1. The molecule has 1 aromatic carbocycles. The molecule has 122 valence electrons. The van der Waals surface area contributed by atoms with E-state index < -0.39 is 0 Å². The first-order valence-electron chi connectivity index (χ1n) is 8.69. The first-order chi connectivity index (χ1) is 11.2. The van der Waals surface area contributed by atoms with Crippen LogP contribution in [0.4, 0.5) is 5.69 Å². The van der Waals surface area contributed by atoms with Gasteiger partial charge in [-0.15, -0.1) is 0 Å². The second-order valence-corrected chi connectivity index (χ2v) is 6.77. The summed E-state index contributed by atoms with van der Waals surface area (Å²) in [7, 11) is 0. The Morgan fingerprint density at radius 1 is 1.26 bits per heavy atom. The molecule has 1 aromatic rings. The molecule has 23 heavy (non-hydrogen) atoms. The van der Waals surface area contributed by atoms with E-state index in [0.717, 1.165) is 11.6 Å². The summed E-state index contributed by atoms with van der Waals surface area (Å²) >= 11 is 0. The van der Waals surface area contributed by atoms with E-state index in [2.05, 4.69) is 17.9 Å². The molecule has 3 rings (SSSR count). The van der Waals surface area contributed by atoms with Crippen LogP contribution in [0.15, 0.2) is 30.3 Å². The number of benzene rings is 1. The first-order valence-corrected chi connectivity index (χ1v) is 8.69. The minimum atomic E-state index is 0.117. The molecule has 1 atom stereocenters. The fraction of sp³-hybridized carbons (Fsp3) is 0.579. The molecule has 4 heteroatoms. The van der Waals surface area contributed by atoms with E-state index in [1.165, 1.54) is 25.7 Å². The smallest absolute Gasteiger partial charge is 0.241 e. The molecular weight excluding hydrogens is 286 g/mol. The molecule has 2 aliphatic rings. The van der Waals surface area contributed by atoms with Crippen LogP contribution >= 0.6 is 0 Å². The molecular formula is C19H25N3O. The van der Waals surface area contributed by atoms with Crippen molar-refractivity contribution in [2.75, 3.05) is 18.0 Å². The Morgan fingerprint density at radius 2 is 1.96 bits per heavy atom. The van der Waals surface area contributed by atoms with Gasteiger partial charge in [0.2, 0.25) is 5.91 Å². The fourth-order valence-corrected chi connectivity index (χ4v) is 3.27. The van der Waals surface area contributed by atoms with Gasteiger partial charge in [0.15, 0.2) is 0 Å². The number of carbonyl (C=O) groups excluding carboxylic acids is 1. The number of carbonyl (C=O) groups is 1. The Morgan fingerprint density at radius 3 is 2.52 bits per heavy atom. The minimum absolute atomic E-state index is 0.117. The maximum atomic E-state index is 12.9. The highest BCUT2D eigenvalue weighted by molar-refractivity contribution is 5.94. The van der Waals surface area contributed by atoms with Crippen LogP contribution in [0, 0.1) is 17.2 Å². The molecule has 0 spiro atoms. The molecule has 1 unspecified atom stereocenters. The third kappa shape index (κ3) is 4.11. The summed E-state index contributed by atoms with van der Waals surface area (Å²) in [5.41, 5.74) is 0.891. The third-order valence-corrected chi connectivity index (χ3v) is 4.98. The monoisotopic (exact) mass is 311 g/mol. The van der Waals surface area contributed by atoms with Crippen LogP contribution in [0.2, 0.25) is 0 Å². The van der Waals surface area contributed by atoms with E-state index in [1.807, 2.05) is 30.3 Å². The number of hydrogen-bond acceptors (Lipinski definition) is 3. The van der Waals surface area contributed by atoms with Crippen molar-refractivity contribution >= 4 is 11.6 Å². The topological polar surface area (TPSA) is 47.3 Å². The van der Waals surface area contributed by atoms with Gasteiger partial charge in [-0.25, -0.2) is 0 Å². The van der Waals surface area contributed by atoms with Crippen molar-refractivity contribution in [3.63, 3.8) is 0 Å². The van der Waals surface area contributed by atoms with E-state index in [-0.39, 0.29) is 5.91 Å². The summed E-state index contributed by atoms with van der Waals surface area (Å²) < 4.78 is 0. The number of rotatable bonds is 8. The largest absolute Gasteiger partial charge is 0.310 e. The normalized spacial score (nSPS) is 18.5. The predicted molar refractivity (Wildman–Crippen MR) is 90.9 cm³/mol. The van der Waals surface area contributed by atoms with Gasteiger partial charge < -0.3 is 4.90 Å². The van der Waals surface area contributed by atoms with Crippen molar-refractivity contribution in [1.29, 1.82) is 5.26 Å². The maximum Gasteiger partial charge on any atom is 0.241 e. The van der Waals surface area contributed by atoms with Crippen LogP contribution in [0.3, 0.4) is 0 Å². The molecule has 2 aliphatic carbocycles.